The molecule has 43 heavy (non-hydrogen) atoms. The number of hydrogen-bond donors (Lipinski definition) is 5. The highest BCUT2D eigenvalue weighted by atomic mass is 79.9. The van der Waals surface area contributed by atoms with E-state index in [2.05, 4.69) is 37.6 Å². The number of hydrogen-bond acceptors (Lipinski definition) is 5. The molecule has 226 valence electrons. The summed E-state index contributed by atoms with van der Waals surface area (Å²) in [6.07, 6.45) is 0.835. The van der Waals surface area contributed by atoms with Crippen molar-refractivity contribution in [2.75, 3.05) is 11.4 Å². The van der Waals surface area contributed by atoms with Gasteiger partial charge in [-0.05, 0) is 84.4 Å². The van der Waals surface area contributed by atoms with Crippen LogP contribution in [0.1, 0.15) is 50.3 Å². The molecule has 4 aromatic rings. The highest BCUT2D eigenvalue weighted by Gasteiger charge is 2.33. The number of halogens is 1. The molecule has 2 heterocycles. The summed E-state index contributed by atoms with van der Waals surface area (Å²) in [6, 6.07) is 21.1. The van der Waals surface area contributed by atoms with E-state index >= 15 is 0 Å². The van der Waals surface area contributed by atoms with Gasteiger partial charge in [0.05, 0.1) is 29.4 Å². The van der Waals surface area contributed by atoms with Crippen LogP contribution < -0.4 is 15.5 Å². The standard InChI is InChI=1S/C34H39BrN4O4/c1-21(41)18-36-34(2,3)17-30(42)37-28-15-13-23-8-5-7-11-29(23)39(33(28)43)19-22-12-14-27-26(16-22)31(35)32(38-27)25-10-6-4-9-24(25)20-40/h4-12,14,16,21,28,36,38,40-41H,13,15,17-20H2,1-3H3,(H,37,42)/t21-,28-/m1/s1. The number of para-hydroxylation sites is 1. The lowest BCUT2D eigenvalue weighted by molar-refractivity contribution is -0.128. The number of aromatic amines is 1. The van der Waals surface area contributed by atoms with Crippen molar-refractivity contribution < 1.29 is 19.8 Å². The molecule has 0 radical (unpaired) electrons. The molecule has 0 spiro atoms. The third-order valence-corrected chi connectivity index (χ3v) is 8.78. The summed E-state index contributed by atoms with van der Waals surface area (Å²) in [5.74, 6) is -0.348. The molecule has 5 rings (SSSR count). The van der Waals surface area contributed by atoms with Gasteiger partial charge in [0.15, 0.2) is 0 Å². The number of benzene rings is 3. The first-order valence-corrected chi connectivity index (χ1v) is 15.5. The Morgan fingerprint density at radius 3 is 2.65 bits per heavy atom. The van der Waals surface area contributed by atoms with Crippen LogP contribution in [0, 0.1) is 0 Å². The maximum absolute atomic E-state index is 14.0. The Labute approximate surface area is 260 Å². The molecule has 0 aliphatic carbocycles. The van der Waals surface area contributed by atoms with Gasteiger partial charge in [-0.3, -0.25) is 9.59 Å². The maximum atomic E-state index is 14.0. The number of aromatic nitrogens is 1. The van der Waals surface area contributed by atoms with Gasteiger partial charge < -0.3 is 30.7 Å². The molecule has 0 saturated heterocycles. The van der Waals surface area contributed by atoms with Gasteiger partial charge in [-0.25, -0.2) is 0 Å². The fourth-order valence-corrected chi connectivity index (χ4v) is 6.36. The van der Waals surface area contributed by atoms with Crippen molar-refractivity contribution in [2.24, 2.45) is 0 Å². The second-order valence-electron chi connectivity index (χ2n) is 12.0. The van der Waals surface area contributed by atoms with Gasteiger partial charge in [0, 0.05) is 40.7 Å². The number of carbonyl (C=O) groups is 2. The molecule has 9 heteroatoms. The Bertz CT molecular complexity index is 1630. The van der Waals surface area contributed by atoms with Crippen molar-refractivity contribution >= 4 is 44.3 Å². The molecule has 2 atom stereocenters. The van der Waals surface area contributed by atoms with Crippen LogP contribution in [-0.2, 0) is 29.2 Å². The summed E-state index contributed by atoms with van der Waals surface area (Å²) in [5.41, 5.74) is 5.93. The highest BCUT2D eigenvalue weighted by Crippen LogP contribution is 2.37. The lowest BCUT2D eigenvalue weighted by atomic mass is 9.99. The van der Waals surface area contributed by atoms with Gasteiger partial charge in [-0.1, -0.05) is 48.5 Å². The van der Waals surface area contributed by atoms with Crippen LogP contribution in [0.2, 0.25) is 0 Å². The van der Waals surface area contributed by atoms with E-state index in [1.54, 1.807) is 11.8 Å². The highest BCUT2D eigenvalue weighted by molar-refractivity contribution is 9.10. The Kier molecular flexibility index (Phi) is 9.36. The summed E-state index contributed by atoms with van der Waals surface area (Å²) in [6.45, 7) is 6.18. The Morgan fingerprint density at radius 2 is 1.88 bits per heavy atom. The summed E-state index contributed by atoms with van der Waals surface area (Å²) in [4.78, 5) is 32.4. The van der Waals surface area contributed by atoms with E-state index in [-0.39, 0.29) is 24.8 Å². The smallest absolute Gasteiger partial charge is 0.249 e. The molecule has 3 aromatic carbocycles. The number of rotatable bonds is 10. The average Bonchev–Trinajstić information content (AvgIpc) is 3.25. The molecule has 1 aliphatic heterocycles. The molecular formula is C34H39BrN4O4. The van der Waals surface area contributed by atoms with E-state index in [0.29, 0.717) is 25.9 Å². The average molecular weight is 648 g/mol. The van der Waals surface area contributed by atoms with Gasteiger partial charge >= 0.3 is 0 Å². The van der Waals surface area contributed by atoms with Crippen molar-refractivity contribution in [2.45, 2.75) is 70.9 Å². The second-order valence-corrected chi connectivity index (χ2v) is 12.8. The molecule has 0 saturated carbocycles. The molecule has 1 aromatic heterocycles. The van der Waals surface area contributed by atoms with Crippen molar-refractivity contribution in [1.29, 1.82) is 0 Å². The molecule has 5 N–H and O–H groups in total. The molecular weight excluding hydrogens is 608 g/mol. The number of nitrogens with one attached hydrogen (secondary N) is 3. The van der Waals surface area contributed by atoms with Crippen molar-refractivity contribution in [3.05, 3.63) is 87.9 Å². The normalized spacial score (nSPS) is 16.2. The number of amides is 2. The lowest BCUT2D eigenvalue weighted by Gasteiger charge is -2.29. The summed E-state index contributed by atoms with van der Waals surface area (Å²) in [5, 5.41) is 26.7. The van der Waals surface area contributed by atoms with E-state index in [1.165, 1.54) is 0 Å². The summed E-state index contributed by atoms with van der Waals surface area (Å²) >= 11 is 3.78. The first kappa shape index (κ1) is 30.9. The first-order chi connectivity index (χ1) is 20.6. The molecule has 8 nitrogen and oxygen atoms in total. The SMILES string of the molecule is C[C@@H](O)CNC(C)(C)CC(=O)N[C@@H]1CCc2ccccc2N(Cc2ccc3[nH]c(-c4ccccc4CO)c(Br)c3c2)C1=O. The number of β-amino-alcohol motifs (C(OH)–C–C–N with tert-alkyl or cyclic N) is 1. The third-order valence-electron chi connectivity index (χ3n) is 7.96. The summed E-state index contributed by atoms with van der Waals surface area (Å²) < 4.78 is 0.893. The number of anilines is 1. The number of aliphatic hydroxyl groups is 2. The fourth-order valence-electron chi connectivity index (χ4n) is 5.72. The number of fused-ring (bicyclic) bond motifs is 2. The van der Waals surface area contributed by atoms with Crippen molar-refractivity contribution in [1.82, 2.24) is 15.6 Å². The molecule has 1 aliphatic rings. The van der Waals surface area contributed by atoms with Gasteiger partial charge in [-0.2, -0.15) is 0 Å². The number of aliphatic hydroxyl groups excluding tert-OH is 2. The van der Waals surface area contributed by atoms with Crippen LogP contribution in [0.3, 0.4) is 0 Å². The van der Waals surface area contributed by atoms with E-state index in [0.717, 1.165) is 49.0 Å². The number of aryl methyl sites for hydroxylation is 1. The minimum atomic E-state index is -0.656. The van der Waals surface area contributed by atoms with Gasteiger partial charge in [0.1, 0.15) is 6.04 Å². The topological polar surface area (TPSA) is 118 Å². The first-order valence-electron chi connectivity index (χ1n) is 14.7. The fraction of sp³-hybridized carbons (Fsp3) is 0.353. The van der Waals surface area contributed by atoms with Crippen LogP contribution >= 0.6 is 15.9 Å². The van der Waals surface area contributed by atoms with Crippen molar-refractivity contribution in [3.8, 4) is 11.3 Å². The second kappa shape index (κ2) is 13.0. The number of H-pyrrole nitrogens is 1. The maximum Gasteiger partial charge on any atom is 0.249 e. The van der Waals surface area contributed by atoms with Crippen LogP contribution in [0.5, 0.6) is 0 Å². The zero-order valence-electron chi connectivity index (χ0n) is 24.8. The van der Waals surface area contributed by atoms with Crippen molar-refractivity contribution in [3.63, 3.8) is 0 Å². The largest absolute Gasteiger partial charge is 0.392 e. The Morgan fingerprint density at radius 1 is 1.14 bits per heavy atom. The zero-order chi connectivity index (χ0) is 30.7. The van der Waals surface area contributed by atoms with Crippen LogP contribution in [-0.4, -0.2) is 51.2 Å². The number of nitrogens with zero attached hydrogens (tertiary/aromatic N) is 1. The predicted octanol–water partition coefficient (Wildman–Crippen LogP) is 5.19. The molecule has 2 amide bonds. The quantitative estimate of drug-likeness (QED) is 0.162. The van der Waals surface area contributed by atoms with Crippen LogP contribution in [0.4, 0.5) is 5.69 Å². The zero-order valence-corrected chi connectivity index (χ0v) is 26.4. The third kappa shape index (κ3) is 7.02. The van der Waals surface area contributed by atoms with Gasteiger partial charge in [-0.15, -0.1) is 0 Å². The van der Waals surface area contributed by atoms with Crippen LogP contribution in [0.15, 0.2) is 71.2 Å². The monoisotopic (exact) mass is 646 g/mol. The minimum absolute atomic E-state index is 0.0622. The van der Waals surface area contributed by atoms with E-state index in [4.69, 9.17) is 0 Å². The Balaban J connectivity index is 1.41. The van der Waals surface area contributed by atoms with Gasteiger partial charge in [0.2, 0.25) is 11.8 Å². The van der Waals surface area contributed by atoms with E-state index in [9.17, 15) is 19.8 Å². The molecule has 0 bridgehead atoms. The predicted molar refractivity (Wildman–Crippen MR) is 174 cm³/mol. The van der Waals surface area contributed by atoms with Gasteiger partial charge in [0.25, 0.3) is 0 Å². The lowest BCUT2D eigenvalue weighted by Crippen LogP contribution is -2.51. The molecule has 0 fully saturated rings. The molecule has 0 unspecified atom stereocenters. The minimum Gasteiger partial charge on any atom is -0.392 e. The number of carbonyl (C=O) groups excluding carboxylic acids is 2. The van der Waals surface area contributed by atoms with Crippen LogP contribution in [0.25, 0.3) is 22.2 Å². The van der Waals surface area contributed by atoms with E-state index < -0.39 is 17.7 Å². The van der Waals surface area contributed by atoms with E-state index in [1.807, 2.05) is 74.5 Å². The Hall–Kier alpha value is -3.50. The summed E-state index contributed by atoms with van der Waals surface area (Å²) in [7, 11) is 0.